The molecule has 1 rings (SSSR count). The zero-order valence-electron chi connectivity index (χ0n) is 7.39. The number of carbonyl (C=O) groups is 1. The SMILES string of the molecule is CCOC(=O)c1nc(Cl)sc1C(F)(F)F. The molecule has 15 heavy (non-hydrogen) atoms. The summed E-state index contributed by atoms with van der Waals surface area (Å²) >= 11 is 5.52. The van der Waals surface area contributed by atoms with Crippen molar-refractivity contribution < 1.29 is 22.7 Å². The van der Waals surface area contributed by atoms with Crippen LogP contribution in [-0.4, -0.2) is 17.6 Å². The second-order valence-electron chi connectivity index (χ2n) is 2.36. The highest BCUT2D eigenvalue weighted by atomic mass is 35.5. The first-order chi connectivity index (χ1) is 6.86. The van der Waals surface area contributed by atoms with E-state index in [1.807, 2.05) is 0 Å². The van der Waals surface area contributed by atoms with E-state index in [0.29, 0.717) is 0 Å². The summed E-state index contributed by atoms with van der Waals surface area (Å²) < 4.78 is 41.2. The summed E-state index contributed by atoms with van der Waals surface area (Å²) in [5, 5.41) is 0. The minimum absolute atomic E-state index is 0.0225. The van der Waals surface area contributed by atoms with Gasteiger partial charge in [0.2, 0.25) is 0 Å². The lowest BCUT2D eigenvalue weighted by atomic mass is 10.3. The van der Waals surface area contributed by atoms with Crippen LogP contribution in [0.25, 0.3) is 0 Å². The monoisotopic (exact) mass is 259 g/mol. The van der Waals surface area contributed by atoms with E-state index in [1.54, 1.807) is 0 Å². The van der Waals surface area contributed by atoms with Crippen molar-refractivity contribution in [3.63, 3.8) is 0 Å². The molecule has 0 aliphatic carbocycles. The highest BCUT2D eigenvalue weighted by molar-refractivity contribution is 7.16. The van der Waals surface area contributed by atoms with E-state index in [-0.39, 0.29) is 22.4 Å². The Morgan fingerprint density at radius 3 is 2.67 bits per heavy atom. The lowest BCUT2D eigenvalue weighted by molar-refractivity contribution is -0.135. The first kappa shape index (κ1) is 12.3. The molecule has 1 aromatic heterocycles. The Labute approximate surface area is 91.8 Å². The zero-order valence-corrected chi connectivity index (χ0v) is 8.96. The Bertz CT molecular complexity index is 377. The minimum Gasteiger partial charge on any atom is -0.461 e. The van der Waals surface area contributed by atoms with Crippen LogP contribution in [0.5, 0.6) is 0 Å². The van der Waals surface area contributed by atoms with Gasteiger partial charge in [-0.05, 0) is 6.92 Å². The van der Waals surface area contributed by atoms with Crippen LogP contribution < -0.4 is 0 Å². The molecule has 0 N–H and O–H groups in total. The zero-order chi connectivity index (χ0) is 11.6. The molecule has 0 aromatic carbocycles. The fourth-order valence-electron chi connectivity index (χ4n) is 0.824. The predicted octanol–water partition coefficient (Wildman–Crippen LogP) is 2.99. The number of rotatable bonds is 2. The van der Waals surface area contributed by atoms with Crippen molar-refractivity contribution in [3.8, 4) is 0 Å². The van der Waals surface area contributed by atoms with Gasteiger partial charge in [0.15, 0.2) is 10.2 Å². The predicted molar refractivity (Wildman–Crippen MR) is 48.1 cm³/mol. The van der Waals surface area contributed by atoms with E-state index in [1.165, 1.54) is 6.92 Å². The number of esters is 1. The van der Waals surface area contributed by atoms with E-state index in [4.69, 9.17) is 11.6 Å². The standard InChI is InChI=1S/C7H5ClF3NO2S/c1-2-14-5(13)3-4(7(9,10)11)15-6(8)12-3/h2H2,1H3. The highest BCUT2D eigenvalue weighted by Gasteiger charge is 2.39. The van der Waals surface area contributed by atoms with Gasteiger partial charge >= 0.3 is 12.1 Å². The minimum atomic E-state index is -4.65. The van der Waals surface area contributed by atoms with E-state index in [0.717, 1.165) is 0 Å². The van der Waals surface area contributed by atoms with Gasteiger partial charge in [-0.1, -0.05) is 22.9 Å². The van der Waals surface area contributed by atoms with Gasteiger partial charge < -0.3 is 4.74 Å². The number of carbonyl (C=O) groups excluding carboxylic acids is 1. The maximum absolute atomic E-state index is 12.4. The number of alkyl halides is 3. The van der Waals surface area contributed by atoms with Crippen molar-refractivity contribution in [1.82, 2.24) is 4.98 Å². The fourth-order valence-corrected chi connectivity index (χ4v) is 1.79. The smallest absolute Gasteiger partial charge is 0.428 e. The van der Waals surface area contributed by atoms with Crippen LogP contribution >= 0.6 is 22.9 Å². The van der Waals surface area contributed by atoms with Gasteiger partial charge in [0, 0.05) is 0 Å². The lowest BCUT2D eigenvalue weighted by Crippen LogP contribution is -2.13. The van der Waals surface area contributed by atoms with Crippen LogP contribution in [0, 0.1) is 0 Å². The Morgan fingerprint density at radius 2 is 2.20 bits per heavy atom. The molecule has 0 spiro atoms. The molecule has 0 saturated heterocycles. The molecular weight excluding hydrogens is 255 g/mol. The van der Waals surface area contributed by atoms with E-state index < -0.39 is 22.7 Å². The number of aromatic nitrogens is 1. The van der Waals surface area contributed by atoms with Crippen LogP contribution in [0.4, 0.5) is 13.2 Å². The van der Waals surface area contributed by atoms with Crippen LogP contribution in [-0.2, 0) is 10.9 Å². The first-order valence-electron chi connectivity index (χ1n) is 3.77. The van der Waals surface area contributed by atoms with Crippen molar-refractivity contribution in [3.05, 3.63) is 15.0 Å². The summed E-state index contributed by atoms with van der Waals surface area (Å²) in [4.78, 5) is 13.2. The molecule has 0 fully saturated rings. The van der Waals surface area contributed by atoms with Crippen molar-refractivity contribution in [2.45, 2.75) is 13.1 Å². The van der Waals surface area contributed by atoms with Gasteiger partial charge in [0.25, 0.3) is 0 Å². The summed E-state index contributed by atoms with van der Waals surface area (Å²) in [5.74, 6) is -1.12. The molecule has 0 radical (unpaired) electrons. The average Bonchev–Trinajstić information content (AvgIpc) is 2.47. The average molecular weight is 260 g/mol. The number of hydrogen-bond donors (Lipinski definition) is 0. The summed E-state index contributed by atoms with van der Waals surface area (Å²) in [6, 6.07) is 0. The van der Waals surface area contributed by atoms with Gasteiger partial charge in [-0.15, -0.1) is 0 Å². The Kier molecular flexibility index (Phi) is 3.56. The molecule has 84 valence electrons. The molecule has 0 aliphatic rings. The number of thiazole rings is 1. The van der Waals surface area contributed by atoms with Crippen LogP contribution in [0.3, 0.4) is 0 Å². The maximum Gasteiger partial charge on any atom is 0.428 e. The first-order valence-corrected chi connectivity index (χ1v) is 4.96. The van der Waals surface area contributed by atoms with E-state index in [2.05, 4.69) is 9.72 Å². The molecule has 3 nitrogen and oxygen atoms in total. The maximum atomic E-state index is 12.4. The van der Waals surface area contributed by atoms with Crippen LogP contribution in [0.15, 0.2) is 0 Å². The quantitative estimate of drug-likeness (QED) is 0.767. The summed E-state index contributed by atoms with van der Waals surface area (Å²) in [7, 11) is 0. The van der Waals surface area contributed by atoms with Crippen molar-refractivity contribution >= 4 is 28.9 Å². The van der Waals surface area contributed by atoms with Gasteiger partial charge in [-0.25, -0.2) is 9.78 Å². The second kappa shape index (κ2) is 4.36. The van der Waals surface area contributed by atoms with Gasteiger partial charge in [0.1, 0.15) is 4.88 Å². The summed E-state index contributed by atoms with van der Waals surface area (Å²) in [5.41, 5.74) is -0.778. The Balaban J connectivity index is 3.12. The highest BCUT2D eigenvalue weighted by Crippen LogP contribution is 2.38. The van der Waals surface area contributed by atoms with Crippen molar-refractivity contribution in [1.29, 1.82) is 0 Å². The number of nitrogens with zero attached hydrogens (tertiary/aromatic N) is 1. The number of hydrogen-bond acceptors (Lipinski definition) is 4. The number of ether oxygens (including phenoxy) is 1. The Morgan fingerprint density at radius 1 is 1.60 bits per heavy atom. The third kappa shape index (κ3) is 2.82. The molecule has 8 heteroatoms. The van der Waals surface area contributed by atoms with Crippen LogP contribution in [0.1, 0.15) is 22.3 Å². The summed E-state index contributed by atoms with van der Waals surface area (Å²) in [6.45, 7) is 1.46. The van der Waals surface area contributed by atoms with Gasteiger partial charge in [0.05, 0.1) is 6.61 Å². The van der Waals surface area contributed by atoms with E-state index >= 15 is 0 Å². The fraction of sp³-hybridized carbons (Fsp3) is 0.429. The van der Waals surface area contributed by atoms with Gasteiger partial charge in [-0.2, -0.15) is 13.2 Å². The van der Waals surface area contributed by atoms with Crippen LogP contribution in [0.2, 0.25) is 4.47 Å². The molecule has 1 heterocycles. The van der Waals surface area contributed by atoms with Crippen molar-refractivity contribution in [2.75, 3.05) is 6.61 Å². The molecule has 1 aromatic rings. The summed E-state index contributed by atoms with van der Waals surface area (Å²) in [6.07, 6.45) is -4.65. The molecule has 0 unspecified atom stereocenters. The molecule has 0 saturated carbocycles. The molecule has 0 aliphatic heterocycles. The molecule has 0 atom stereocenters. The lowest BCUT2D eigenvalue weighted by Gasteiger charge is -2.04. The van der Waals surface area contributed by atoms with Crippen molar-refractivity contribution in [2.24, 2.45) is 0 Å². The third-order valence-corrected chi connectivity index (χ3v) is 2.53. The Hall–Kier alpha value is -0.820. The van der Waals surface area contributed by atoms with E-state index in [9.17, 15) is 18.0 Å². The molecular formula is C7H5ClF3NO2S. The normalized spacial score (nSPS) is 11.5. The molecule has 0 bridgehead atoms. The molecule has 0 amide bonds. The topological polar surface area (TPSA) is 39.2 Å². The second-order valence-corrected chi connectivity index (χ2v) is 3.94. The van der Waals surface area contributed by atoms with Gasteiger partial charge in [-0.3, -0.25) is 0 Å². The largest absolute Gasteiger partial charge is 0.461 e. The third-order valence-electron chi connectivity index (χ3n) is 1.33. The number of halogens is 4.